The molecule has 1 fully saturated rings. The number of nitrogen functional groups attached to an aromatic ring is 1. The van der Waals surface area contributed by atoms with Gasteiger partial charge in [-0.2, -0.15) is 9.50 Å². The van der Waals surface area contributed by atoms with Crippen molar-refractivity contribution in [2.45, 2.75) is 19.4 Å². The molecule has 196 valence electrons. The molecule has 1 aromatic carbocycles. The number of nitrogens with two attached hydrogens (primary N) is 1. The van der Waals surface area contributed by atoms with Crippen LogP contribution in [0.4, 0.5) is 14.7 Å². The van der Waals surface area contributed by atoms with E-state index in [2.05, 4.69) is 20.0 Å². The minimum absolute atomic E-state index is 0.0179. The number of hydrogen-bond donors (Lipinski definition) is 1. The monoisotopic (exact) mass is 520 g/mol. The highest BCUT2D eigenvalue weighted by molar-refractivity contribution is 5.91. The van der Waals surface area contributed by atoms with Crippen LogP contribution in [0.5, 0.6) is 0 Å². The Balaban J connectivity index is 1.06. The molecule has 2 N–H and O–H groups in total. The second-order valence-corrected chi connectivity index (χ2v) is 9.32. The number of nitrogens with zero attached hydrogens (tertiary/aromatic N) is 7. The molecule has 5 heterocycles. The van der Waals surface area contributed by atoms with Gasteiger partial charge in [0.15, 0.2) is 11.4 Å². The van der Waals surface area contributed by atoms with E-state index >= 15 is 0 Å². The summed E-state index contributed by atoms with van der Waals surface area (Å²) in [5.74, 6) is -0.00743. The van der Waals surface area contributed by atoms with Crippen molar-refractivity contribution < 1.29 is 18.0 Å². The number of amides is 1. The van der Waals surface area contributed by atoms with Crippen LogP contribution in [-0.4, -0.2) is 72.6 Å². The molecule has 5 aromatic rings. The summed E-state index contributed by atoms with van der Waals surface area (Å²) < 4.78 is 35.9. The van der Waals surface area contributed by atoms with E-state index in [1.807, 2.05) is 21.7 Å². The summed E-state index contributed by atoms with van der Waals surface area (Å²) in [5, 5.41) is 5.28. The van der Waals surface area contributed by atoms with E-state index in [0.717, 1.165) is 36.7 Å². The number of anilines is 1. The zero-order valence-electron chi connectivity index (χ0n) is 20.6. The molecule has 0 atom stereocenters. The molecule has 10 nitrogen and oxygen atoms in total. The fraction of sp³-hybridized carbons (Fsp3) is 0.308. The van der Waals surface area contributed by atoms with Gasteiger partial charge in [0, 0.05) is 58.0 Å². The van der Waals surface area contributed by atoms with Crippen LogP contribution in [0.15, 0.2) is 53.3 Å². The fourth-order valence-corrected chi connectivity index (χ4v) is 4.85. The molecule has 12 heteroatoms. The van der Waals surface area contributed by atoms with Crippen molar-refractivity contribution in [2.24, 2.45) is 0 Å². The van der Waals surface area contributed by atoms with Gasteiger partial charge >= 0.3 is 0 Å². The zero-order chi connectivity index (χ0) is 26.2. The van der Waals surface area contributed by atoms with E-state index in [1.165, 1.54) is 16.6 Å². The smallest absolute Gasteiger partial charge is 0.225 e. The number of piperazine rings is 1. The Labute approximate surface area is 216 Å². The van der Waals surface area contributed by atoms with Gasteiger partial charge in [0.05, 0.1) is 11.6 Å². The van der Waals surface area contributed by atoms with Gasteiger partial charge in [-0.05, 0) is 36.2 Å². The van der Waals surface area contributed by atoms with E-state index in [0.29, 0.717) is 42.4 Å². The Morgan fingerprint density at radius 2 is 1.87 bits per heavy atom. The molecule has 1 amide bonds. The van der Waals surface area contributed by atoms with Crippen molar-refractivity contribution in [3.05, 3.63) is 66.1 Å². The molecule has 6 rings (SSSR count). The molecule has 38 heavy (non-hydrogen) atoms. The first kappa shape index (κ1) is 24.0. The summed E-state index contributed by atoms with van der Waals surface area (Å²) >= 11 is 0. The maximum absolute atomic E-state index is 13.9. The molecule has 0 spiro atoms. The van der Waals surface area contributed by atoms with Crippen molar-refractivity contribution in [3.8, 4) is 11.6 Å². The summed E-state index contributed by atoms with van der Waals surface area (Å²) in [6, 6.07) is 8.99. The molecular formula is C26H26F2N8O2. The van der Waals surface area contributed by atoms with Crippen LogP contribution in [0.25, 0.3) is 28.3 Å². The molecule has 1 aliphatic rings. The summed E-state index contributed by atoms with van der Waals surface area (Å²) in [6.45, 7) is 4.18. The van der Waals surface area contributed by atoms with E-state index < -0.39 is 11.6 Å². The Kier molecular flexibility index (Phi) is 6.24. The predicted molar refractivity (Wildman–Crippen MR) is 136 cm³/mol. The molecule has 0 radical (unpaired) electrons. The minimum Gasteiger partial charge on any atom is -0.461 e. The number of carbonyl (C=O) groups excluding carboxylic acids is 1. The number of furan rings is 1. The molecular weight excluding hydrogens is 494 g/mol. The molecule has 0 saturated carbocycles. The van der Waals surface area contributed by atoms with Crippen LogP contribution in [0, 0.1) is 11.6 Å². The first-order chi connectivity index (χ1) is 18.5. The van der Waals surface area contributed by atoms with Crippen molar-refractivity contribution in [1.29, 1.82) is 0 Å². The largest absolute Gasteiger partial charge is 0.461 e. The molecule has 4 aromatic heterocycles. The fourth-order valence-electron chi connectivity index (χ4n) is 4.85. The van der Waals surface area contributed by atoms with Gasteiger partial charge < -0.3 is 19.6 Å². The molecule has 0 aliphatic carbocycles. The van der Waals surface area contributed by atoms with Gasteiger partial charge in [-0.25, -0.2) is 13.8 Å². The van der Waals surface area contributed by atoms with Gasteiger partial charge in [0.25, 0.3) is 0 Å². The second-order valence-electron chi connectivity index (χ2n) is 9.32. The van der Waals surface area contributed by atoms with E-state index in [9.17, 15) is 13.6 Å². The van der Waals surface area contributed by atoms with Gasteiger partial charge in [0.2, 0.25) is 17.7 Å². The number of rotatable bonds is 7. The Morgan fingerprint density at radius 3 is 2.63 bits per heavy atom. The molecule has 1 aliphatic heterocycles. The summed E-state index contributed by atoms with van der Waals surface area (Å²) in [7, 11) is 0. The number of aryl methyl sites for hydroxylation is 1. The number of halogens is 2. The number of hydrogen-bond acceptors (Lipinski definition) is 7. The maximum Gasteiger partial charge on any atom is 0.225 e. The van der Waals surface area contributed by atoms with Crippen molar-refractivity contribution in [3.63, 3.8) is 0 Å². The molecule has 0 unspecified atom stereocenters. The average molecular weight is 521 g/mol. The van der Waals surface area contributed by atoms with Crippen LogP contribution in [0.1, 0.15) is 12.0 Å². The topological polar surface area (TPSA) is 111 Å². The van der Waals surface area contributed by atoms with Crippen molar-refractivity contribution >= 4 is 28.5 Å². The van der Waals surface area contributed by atoms with E-state index in [4.69, 9.17) is 10.2 Å². The van der Waals surface area contributed by atoms with E-state index in [-0.39, 0.29) is 24.7 Å². The number of fused-ring (bicyclic) bond motifs is 3. The van der Waals surface area contributed by atoms with Crippen molar-refractivity contribution in [1.82, 2.24) is 33.9 Å². The highest BCUT2D eigenvalue weighted by Gasteiger charge is 2.22. The normalized spacial score (nSPS) is 14.6. The standard InChI is InChI=1S/C26H26F2N8O2/c27-18-5-3-17(20(28)16-18)4-6-22(37)34-12-9-33(10-13-34)11-14-35-8-7-19-24(35)31-26(29)36-25(19)30-23(32-36)21-2-1-15-38-21/h1-3,5,7-8,15-16H,4,6,9-14H2,(H2,29,31). The lowest BCUT2D eigenvalue weighted by Crippen LogP contribution is -2.49. The maximum atomic E-state index is 13.9. The van der Waals surface area contributed by atoms with Gasteiger partial charge in [-0.1, -0.05) is 6.07 Å². The Hall–Kier alpha value is -4.32. The van der Waals surface area contributed by atoms with Crippen LogP contribution >= 0.6 is 0 Å². The van der Waals surface area contributed by atoms with Crippen LogP contribution in [0.3, 0.4) is 0 Å². The van der Waals surface area contributed by atoms with Gasteiger partial charge in [-0.3, -0.25) is 9.69 Å². The molecule has 0 bridgehead atoms. The second kappa shape index (κ2) is 9.86. The van der Waals surface area contributed by atoms with Crippen LogP contribution < -0.4 is 5.73 Å². The lowest BCUT2D eigenvalue weighted by molar-refractivity contribution is -0.132. The van der Waals surface area contributed by atoms with E-state index in [1.54, 1.807) is 18.4 Å². The zero-order valence-corrected chi connectivity index (χ0v) is 20.6. The van der Waals surface area contributed by atoms with Gasteiger partial charge in [-0.15, -0.1) is 5.10 Å². The third-order valence-electron chi connectivity index (χ3n) is 6.97. The number of benzene rings is 1. The summed E-state index contributed by atoms with van der Waals surface area (Å²) in [6.07, 6.45) is 3.99. The average Bonchev–Trinajstić information content (AvgIpc) is 3.67. The highest BCUT2D eigenvalue weighted by atomic mass is 19.1. The predicted octanol–water partition coefficient (Wildman–Crippen LogP) is 2.98. The Morgan fingerprint density at radius 1 is 1.03 bits per heavy atom. The first-order valence-electron chi connectivity index (χ1n) is 12.5. The van der Waals surface area contributed by atoms with Crippen LogP contribution in [-0.2, 0) is 17.8 Å². The van der Waals surface area contributed by atoms with Crippen LogP contribution in [0.2, 0.25) is 0 Å². The third kappa shape index (κ3) is 4.58. The third-order valence-corrected chi connectivity index (χ3v) is 6.97. The summed E-state index contributed by atoms with van der Waals surface area (Å²) in [5.41, 5.74) is 7.90. The van der Waals surface area contributed by atoms with Crippen molar-refractivity contribution in [2.75, 3.05) is 38.5 Å². The lowest BCUT2D eigenvalue weighted by Gasteiger charge is -2.35. The summed E-state index contributed by atoms with van der Waals surface area (Å²) in [4.78, 5) is 25.9. The lowest BCUT2D eigenvalue weighted by atomic mass is 10.1. The highest BCUT2D eigenvalue weighted by Crippen LogP contribution is 2.24. The number of aromatic nitrogens is 5. The minimum atomic E-state index is -0.619. The molecule has 1 saturated heterocycles. The quantitative estimate of drug-likeness (QED) is 0.351. The first-order valence-corrected chi connectivity index (χ1v) is 12.5. The SMILES string of the molecule is Nc1nc2c(ccn2CCN2CCN(C(=O)CCc3ccc(F)cc3F)CC2)c2nc(-c3ccco3)nn12. The number of carbonyl (C=O) groups is 1. The Bertz CT molecular complexity index is 1600. The van der Waals surface area contributed by atoms with Gasteiger partial charge in [0.1, 0.15) is 17.3 Å².